The Hall–Kier alpha value is -3.67. The third-order valence-corrected chi connectivity index (χ3v) is 5.07. The van der Waals surface area contributed by atoms with Crippen molar-refractivity contribution >= 4 is 17.4 Å². The molecule has 0 spiro atoms. The number of carbonyl (C=O) groups is 1. The molecule has 6 nitrogen and oxygen atoms in total. The Morgan fingerprint density at radius 2 is 1.94 bits per heavy atom. The summed E-state index contributed by atoms with van der Waals surface area (Å²) in [6, 6.07) is 19.5. The van der Waals surface area contributed by atoms with Gasteiger partial charge in [0.1, 0.15) is 23.0 Å². The zero-order chi connectivity index (χ0) is 21.5. The van der Waals surface area contributed by atoms with Gasteiger partial charge in [0.2, 0.25) is 5.91 Å². The van der Waals surface area contributed by atoms with Crippen molar-refractivity contribution in [3.8, 4) is 11.5 Å². The molecule has 1 aliphatic rings. The summed E-state index contributed by atoms with van der Waals surface area (Å²) >= 11 is 0. The smallest absolute Gasteiger partial charge is 0.224 e. The fourth-order valence-corrected chi connectivity index (χ4v) is 3.38. The molecule has 2 aromatic carbocycles. The maximum atomic E-state index is 12.3. The molecule has 4 rings (SSSR count). The third-order valence-electron chi connectivity index (χ3n) is 5.07. The van der Waals surface area contributed by atoms with Crippen molar-refractivity contribution in [3.63, 3.8) is 0 Å². The molecule has 0 saturated heterocycles. The number of aliphatic imine (C=N–C) groups is 1. The highest BCUT2D eigenvalue weighted by molar-refractivity contribution is 5.98. The van der Waals surface area contributed by atoms with E-state index in [0.29, 0.717) is 18.6 Å². The summed E-state index contributed by atoms with van der Waals surface area (Å²) in [6.45, 7) is 3.71. The van der Waals surface area contributed by atoms with Crippen LogP contribution in [0.3, 0.4) is 0 Å². The van der Waals surface area contributed by atoms with Crippen LogP contribution in [0.5, 0.6) is 11.5 Å². The minimum Gasteiger partial charge on any atom is -0.457 e. The summed E-state index contributed by atoms with van der Waals surface area (Å²) in [5.41, 5.74) is 3.93. The molecule has 0 aliphatic carbocycles. The second-order valence-electron chi connectivity index (χ2n) is 7.38. The average molecular weight is 415 g/mol. The van der Waals surface area contributed by atoms with Gasteiger partial charge in [-0.05, 0) is 54.3 Å². The minimum atomic E-state index is 0.0151. The van der Waals surface area contributed by atoms with E-state index in [1.165, 1.54) is 5.56 Å². The topological polar surface area (TPSA) is 75.6 Å². The monoisotopic (exact) mass is 414 g/mol. The second-order valence-corrected chi connectivity index (χ2v) is 7.38. The molecule has 2 heterocycles. The van der Waals surface area contributed by atoms with Crippen LogP contribution in [-0.2, 0) is 17.6 Å². The number of hydrogen-bond acceptors (Lipinski definition) is 5. The standard InChI is InChI=1S/C25H26N4O2/c1-2-18-4-3-5-20(16-18)29-24(30)11-8-19-6-9-21(10-7-19)31-22-12-13-26-23(17-22)25-27-14-15-28-25/h3-7,9-10,12-13,16-17H,2,8,11,14-15H2,1H3,(H,27,28)(H,29,30). The van der Waals surface area contributed by atoms with Crippen LogP contribution in [0.4, 0.5) is 5.69 Å². The van der Waals surface area contributed by atoms with Gasteiger partial charge in [-0.1, -0.05) is 31.2 Å². The Kier molecular flexibility index (Phi) is 6.57. The highest BCUT2D eigenvalue weighted by Crippen LogP contribution is 2.22. The molecular weight excluding hydrogens is 388 g/mol. The largest absolute Gasteiger partial charge is 0.457 e. The highest BCUT2D eigenvalue weighted by atomic mass is 16.5. The number of anilines is 1. The lowest BCUT2D eigenvalue weighted by Gasteiger charge is -2.09. The van der Waals surface area contributed by atoms with Gasteiger partial charge in [0.15, 0.2) is 0 Å². The summed E-state index contributed by atoms with van der Waals surface area (Å²) in [5, 5.41) is 6.19. The molecule has 0 saturated carbocycles. The van der Waals surface area contributed by atoms with Gasteiger partial charge in [-0.15, -0.1) is 0 Å². The summed E-state index contributed by atoms with van der Waals surface area (Å²) in [4.78, 5) is 21.0. The zero-order valence-corrected chi connectivity index (χ0v) is 17.6. The maximum Gasteiger partial charge on any atom is 0.224 e. The van der Waals surface area contributed by atoms with Crippen LogP contribution >= 0.6 is 0 Å². The summed E-state index contributed by atoms with van der Waals surface area (Å²) in [5.74, 6) is 2.27. The number of aryl methyl sites for hydroxylation is 2. The van der Waals surface area contributed by atoms with Crippen LogP contribution in [0, 0.1) is 0 Å². The number of amides is 1. The first-order valence-corrected chi connectivity index (χ1v) is 10.6. The number of benzene rings is 2. The number of nitrogens with zero attached hydrogens (tertiary/aromatic N) is 2. The Bertz CT molecular complexity index is 1080. The Morgan fingerprint density at radius 3 is 2.71 bits per heavy atom. The van der Waals surface area contributed by atoms with Crippen LogP contribution in [0.2, 0.25) is 0 Å². The van der Waals surface area contributed by atoms with E-state index < -0.39 is 0 Å². The number of pyridine rings is 1. The molecule has 0 unspecified atom stereocenters. The lowest BCUT2D eigenvalue weighted by Crippen LogP contribution is -2.20. The van der Waals surface area contributed by atoms with Crippen LogP contribution in [0.25, 0.3) is 0 Å². The molecule has 2 N–H and O–H groups in total. The predicted molar refractivity (Wildman–Crippen MR) is 123 cm³/mol. The maximum absolute atomic E-state index is 12.3. The van der Waals surface area contributed by atoms with Crippen molar-refractivity contribution < 1.29 is 9.53 Å². The van der Waals surface area contributed by atoms with Crippen molar-refractivity contribution in [1.82, 2.24) is 10.3 Å². The Balaban J connectivity index is 1.30. The first kappa shape index (κ1) is 20.6. The lowest BCUT2D eigenvalue weighted by atomic mass is 10.1. The minimum absolute atomic E-state index is 0.0151. The number of hydrogen-bond donors (Lipinski definition) is 2. The summed E-state index contributed by atoms with van der Waals surface area (Å²) < 4.78 is 5.96. The van der Waals surface area contributed by atoms with E-state index in [2.05, 4.69) is 33.6 Å². The van der Waals surface area contributed by atoms with Gasteiger partial charge in [0.25, 0.3) is 0 Å². The molecule has 1 aromatic heterocycles. The first-order valence-electron chi connectivity index (χ1n) is 10.6. The fourth-order valence-electron chi connectivity index (χ4n) is 3.38. The number of aromatic nitrogens is 1. The van der Waals surface area contributed by atoms with E-state index in [1.54, 1.807) is 6.20 Å². The Morgan fingerprint density at radius 1 is 1.06 bits per heavy atom. The van der Waals surface area contributed by atoms with E-state index in [9.17, 15) is 4.79 Å². The van der Waals surface area contributed by atoms with Gasteiger partial charge in [-0.3, -0.25) is 14.8 Å². The molecule has 1 aliphatic heterocycles. The first-order chi connectivity index (χ1) is 15.2. The molecule has 158 valence electrons. The van der Waals surface area contributed by atoms with Crippen molar-refractivity contribution in [2.45, 2.75) is 26.2 Å². The fraction of sp³-hybridized carbons (Fsp3) is 0.240. The van der Waals surface area contributed by atoms with Gasteiger partial charge in [0, 0.05) is 30.9 Å². The van der Waals surface area contributed by atoms with E-state index in [-0.39, 0.29) is 5.91 Å². The normalized spacial score (nSPS) is 12.7. The van der Waals surface area contributed by atoms with Crippen LogP contribution in [0.15, 0.2) is 71.9 Å². The zero-order valence-electron chi connectivity index (χ0n) is 17.6. The van der Waals surface area contributed by atoms with Gasteiger partial charge >= 0.3 is 0 Å². The molecule has 31 heavy (non-hydrogen) atoms. The predicted octanol–water partition coefficient (Wildman–Crippen LogP) is 4.36. The van der Waals surface area contributed by atoms with Gasteiger partial charge < -0.3 is 15.4 Å². The quantitative estimate of drug-likeness (QED) is 0.574. The molecule has 1 amide bonds. The average Bonchev–Trinajstić information content (AvgIpc) is 3.34. The van der Waals surface area contributed by atoms with Gasteiger partial charge in [0.05, 0.1) is 6.54 Å². The third kappa shape index (κ3) is 5.69. The van der Waals surface area contributed by atoms with Gasteiger partial charge in [-0.25, -0.2) is 0 Å². The summed E-state index contributed by atoms with van der Waals surface area (Å²) in [7, 11) is 0. The van der Waals surface area contributed by atoms with E-state index >= 15 is 0 Å². The van der Waals surface area contributed by atoms with Crippen molar-refractivity contribution in [2.75, 3.05) is 18.4 Å². The molecule has 3 aromatic rings. The highest BCUT2D eigenvalue weighted by Gasteiger charge is 2.10. The molecule has 0 radical (unpaired) electrons. The van der Waals surface area contributed by atoms with Crippen LogP contribution in [-0.4, -0.2) is 29.8 Å². The number of ether oxygens (including phenoxy) is 1. The van der Waals surface area contributed by atoms with Crippen molar-refractivity contribution in [3.05, 3.63) is 83.7 Å². The van der Waals surface area contributed by atoms with E-state index in [0.717, 1.165) is 48.0 Å². The Labute approximate surface area is 182 Å². The van der Waals surface area contributed by atoms with Crippen LogP contribution < -0.4 is 15.4 Å². The molecular formula is C25H26N4O2. The molecule has 0 atom stereocenters. The van der Waals surface area contributed by atoms with Crippen molar-refractivity contribution in [2.24, 2.45) is 4.99 Å². The molecule has 0 bridgehead atoms. The van der Waals surface area contributed by atoms with Crippen LogP contribution in [0.1, 0.15) is 30.2 Å². The van der Waals surface area contributed by atoms with E-state index in [1.807, 2.05) is 54.6 Å². The van der Waals surface area contributed by atoms with E-state index in [4.69, 9.17) is 4.74 Å². The van der Waals surface area contributed by atoms with Crippen molar-refractivity contribution in [1.29, 1.82) is 0 Å². The lowest BCUT2D eigenvalue weighted by molar-refractivity contribution is -0.116. The number of carbonyl (C=O) groups excluding carboxylic acids is 1. The molecule has 0 fully saturated rings. The SMILES string of the molecule is CCc1cccc(NC(=O)CCc2ccc(Oc3ccnc(C4=NCCN4)c3)cc2)c1. The number of nitrogens with one attached hydrogen (secondary N) is 2. The summed E-state index contributed by atoms with van der Waals surface area (Å²) in [6.07, 6.45) is 3.77. The second kappa shape index (κ2) is 9.89. The number of amidine groups is 1. The molecule has 6 heteroatoms. The number of rotatable bonds is 8. The van der Waals surface area contributed by atoms with Gasteiger partial charge in [-0.2, -0.15) is 0 Å².